The number of nitrogens with zero attached hydrogens (tertiary/aromatic N) is 5. The van der Waals surface area contributed by atoms with Gasteiger partial charge in [-0.25, -0.2) is 0 Å². The van der Waals surface area contributed by atoms with Crippen LogP contribution in [0.1, 0.15) is 47.8 Å². The maximum Gasteiger partial charge on any atom is 0.243 e. The van der Waals surface area contributed by atoms with E-state index in [0.717, 1.165) is 47.7 Å². The number of aromatic nitrogens is 4. The number of fused-ring (bicyclic) bond motifs is 1. The Balaban J connectivity index is 1.15. The zero-order valence-corrected chi connectivity index (χ0v) is 23.6. The Morgan fingerprint density at radius 1 is 1.12 bits per heavy atom. The fourth-order valence-corrected chi connectivity index (χ4v) is 6.42. The van der Waals surface area contributed by atoms with Crippen molar-refractivity contribution in [1.82, 2.24) is 35.5 Å². The van der Waals surface area contributed by atoms with E-state index in [4.69, 9.17) is 4.74 Å². The van der Waals surface area contributed by atoms with Crippen LogP contribution in [-0.4, -0.2) is 75.5 Å². The van der Waals surface area contributed by atoms with Gasteiger partial charge in [-0.1, -0.05) is 23.4 Å². The Bertz CT molecular complexity index is 1420. The molecule has 4 atom stereocenters. The monoisotopic (exact) mass is 555 g/mol. The Labute approximate surface area is 240 Å². The molecule has 2 aliphatic heterocycles. The number of methoxy groups -OCH3 is 1. The third kappa shape index (κ3) is 5.88. The number of hydrogen-bond acceptors (Lipinski definition) is 7. The van der Waals surface area contributed by atoms with Crippen molar-refractivity contribution in [2.24, 2.45) is 13.0 Å². The van der Waals surface area contributed by atoms with Gasteiger partial charge in [0.05, 0.1) is 18.8 Å². The number of ether oxygens (including phenoxy) is 1. The third-order valence-electron chi connectivity index (χ3n) is 8.68. The lowest BCUT2D eigenvalue weighted by Crippen LogP contribution is -2.51. The van der Waals surface area contributed by atoms with Crippen molar-refractivity contribution in [2.45, 2.75) is 50.1 Å². The van der Waals surface area contributed by atoms with Crippen LogP contribution in [0.5, 0.6) is 5.75 Å². The predicted molar refractivity (Wildman–Crippen MR) is 154 cm³/mol. The van der Waals surface area contributed by atoms with Gasteiger partial charge in [0.15, 0.2) is 0 Å². The van der Waals surface area contributed by atoms with Crippen LogP contribution in [-0.2, 0) is 29.5 Å². The van der Waals surface area contributed by atoms with Crippen LogP contribution in [0.15, 0.2) is 54.2 Å². The van der Waals surface area contributed by atoms with Crippen LogP contribution in [0, 0.1) is 5.92 Å². The molecule has 3 aromatic rings. The highest BCUT2D eigenvalue weighted by Crippen LogP contribution is 2.31. The number of rotatable bonds is 8. The Kier molecular flexibility index (Phi) is 7.82. The molecule has 41 heavy (non-hydrogen) atoms. The topological polar surface area (TPSA) is 114 Å². The summed E-state index contributed by atoms with van der Waals surface area (Å²) in [6, 6.07) is 13.1. The molecule has 0 bridgehead atoms. The van der Waals surface area contributed by atoms with E-state index in [2.05, 4.69) is 38.1 Å². The van der Waals surface area contributed by atoms with Gasteiger partial charge in [0, 0.05) is 44.5 Å². The molecule has 2 amide bonds. The summed E-state index contributed by atoms with van der Waals surface area (Å²) in [4.78, 5) is 33.8. The second-order valence-corrected chi connectivity index (χ2v) is 11.4. The molecule has 1 aromatic carbocycles. The molecule has 2 fully saturated rings. The number of carbonyl (C=O) groups excluding carboxylic acids is 2. The molecule has 10 nitrogen and oxygen atoms in total. The van der Waals surface area contributed by atoms with Gasteiger partial charge >= 0.3 is 0 Å². The quantitative estimate of drug-likeness (QED) is 0.438. The maximum atomic E-state index is 13.9. The van der Waals surface area contributed by atoms with E-state index in [1.54, 1.807) is 13.3 Å². The van der Waals surface area contributed by atoms with Gasteiger partial charge in [0.25, 0.3) is 0 Å². The summed E-state index contributed by atoms with van der Waals surface area (Å²) in [7, 11) is 3.56. The highest BCUT2D eigenvalue weighted by atomic mass is 16.5. The highest BCUT2D eigenvalue weighted by Gasteiger charge is 2.43. The normalized spacial score (nSPS) is 23.7. The second-order valence-electron chi connectivity index (χ2n) is 11.4. The van der Waals surface area contributed by atoms with Gasteiger partial charge in [0.1, 0.15) is 17.5 Å². The number of pyridine rings is 1. The molecule has 0 saturated carbocycles. The average molecular weight is 556 g/mol. The first-order valence-electron chi connectivity index (χ1n) is 14.4. The molecular formula is C31H37N7O3. The van der Waals surface area contributed by atoms with Crippen LogP contribution in [0.2, 0.25) is 0 Å². The minimum atomic E-state index is -0.502. The van der Waals surface area contributed by atoms with E-state index in [1.807, 2.05) is 53.0 Å². The van der Waals surface area contributed by atoms with E-state index in [9.17, 15) is 9.59 Å². The summed E-state index contributed by atoms with van der Waals surface area (Å²) in [5.74, 6) is 1.09. The van der Waals surface area contributed by atoms with E-state index in [-0.39, 0.29) is 29.7 Å². The highest BCUT2D eigenvalue weighted by molar-refractivity contribution is 5.91. The second kappa shape index (κ2) is 11.8. The molecule has 4 unspecified atom stereocenters. The van der Waals surface area contributed by atoms with E-state index in [0.29, 0.717) is 32.5 Å². The lowest BCUT2D eigenvalue weighted by atomic mass is 9.96. The van der Waals surface area contributed by atoms with Crippen LogP contribution in [0.4, 0.5) is 0 Å². The molecule has 0 radical (unpaired) electrons. The van der Waals surface area contributed by atoms with Crippen molar-refractivity contribution in [2.75, 3.05) is 26.7 Å². The molecule has 0 spiro atoms. The summed E-state index contributed by atoms with van der Waals surface area (Å²) < 4.78 is 7.11. The molecular weight excluding hydrogens is 518 g/mol. The summed E-state index contributed by atoms with van der Waals surface area (Å²) in [6.45, 7) is 1.70. The minimum Gasteiger partial charge on any atom is -0.497 e. The largest absolute Gasteiger partial charge is 0.497 e. The molecule has 1 aliphatic carbocycles. The number of aryl methyl sites for hydroxylation is 1. The number of nitrogens with one attached hydrogen (secondary N) is 2. The van der Waals surface area contributed by atoms with Crippen molar-refractivity contribution in [3.8, 4) is 5.75 Å². The summed E-state index contributed by atoms with van der Waals surface area (Å²) in [5, 5.41) is 14.9. The average Bonchev–Trinajstić information content (AvgIpc) is 3.76. The Morgan fingerprint density at radius 3 is 2.76 bits per heavy atom. The minimum absolute atomic E-state index is 0.00176. The summed E-state index contributed by atoms with van der Waals surface area (Å²) >= 11 is 0. The van der Waals surface area contributed by atoms with Crippen LogP contribution < -0.4 is 15.4 Å². The lowest BCUT2D eigenvalue weighted by molar-refractivity contribution is -0.139. The van der Waals surface area contributed by atoms with Crippen molar-refractivity contribution >= 4 is 17.9 Å². The van der Waals surface area contributed by atoms with Gasteiger partial charge < -0.3 is 20.3 Å². The zero-order chi connectivity index (χ0) is 28.3. The van der Waals surface area contributed by atoms with Crippen molar-refractivity contribution < 1.29 is 14.3 Å². The van der Waals surface area contributed by atoms with Crippen molar-refractivity contribution in [3.05, 3.63) is 76.9 Å². The Hall–Kier alpha value is -4.05. The van der Waals surface area contributed by atoms with Crippen LogP contribution in [0.3, 0.4) is 0 Å². The maximum absolute atomic E-state index is 13.9. The number of carbonyl (C=O) groups is 2. The molecule has 10 heteroatoms. The molecule has 214 valence electrons. The number of benzene rings is 1. The number of hydrogen-bond donors (Lipinski definition) is 2. The molecule has 3 aliphatic rings. The first-order valence-corrected chi connectivity index (χ1v) is 14.4. The van der Waals surface area contributed by atoms with Crippen LogP contribution >= 0.6 is 0 Å². The summed E-state index contributed by atoms with van der Waals surface area (Å²) in [5.41, 5.74) is 5.27. The standard InChI is InChI=1S/C31H37N7O3/c1-37-28-11-8-21(14-26(28)35-36-37)17-34-30(39)29-15-22(13-20-6-9-24(41-2)10-7-20)19-38(29)31(40)27-16-23(18-33-27)25-5-3-4-12-32-25/h3-7,9-10,12,14,22-23,27,29,33H,8,11,13,15-19H2,1-2H3,(H,34,39). The van der Waals surface area contributed by atoms with Gasteiger partial charge in [-0.05, 0) is 79.5 Å². The predicted octanol–water partition coefficient (Wildman–Crippen LogP) is 2.27. The van der Waals surface area contributed by atoms with Crippen LogP contribution in [0.25, 0.3) is 6.08 Å². The van der Waals surface area contributed by atoms with Crippen molar-refractivity contribution in [3.63, 3.8) is 0 Å². The first kappa shape index (κ1) is 27.1. The zero-order valence-electron chi connectivity index (χ0n) is 23.6. The molecule has 6 rings (SSSR count). The lowest BCUT2D eigenvalue weighted by Gasteiger charge is -2.27. The Morgan fingerprint density at radius 2 is 1.98 bits per heavy atom. The van der Waals surface area contributed by atoms with E-state index < -0.39 is 6.04 Å². The smallest absolute Gasteiger partial charge is 0.243 e. The molecule has 2 saturated heterocycles. The van der Waals surface area contributed by atoms with Gasteiger partial charge in [0.2, 0.25) is 11.8 Å². The molecule has 4 heterocycles. The SMILES string of the molecule is COc1ccc(CC2CC(C(=O)NCC3=Cc4nnn(C)c4CC3)N(C(=O)C3CC(c4ccccn4)CN3)C2)cc1. The summed E-state index contributed by atoms with van der Waals surface area (Å²) in [6.07, 6.45) is 7.63. The van der Waals surface area contributed by atoms with Gasteiger partial charge in [-0.15, -0.1) is 5.10 Å². The first-order chi connectivity index (χ1) is 20.0. The van der Waals surface area contributed by atoms with E-state index >= 15 is 0 Å². The van der Waals surface area contributed by atoms with Gasteiger partial charge in [-0.3, -0.25) is 19.3 Å². The van der Waals surface area contributed by atoms with E-state index in [1.165, 1.54) is 5.56 Å². The fraction of sp³-hybridized carbons (Fsp3) is 0.452. The molecule has 2 aromatic heterocycles. The van der Waals surface area contributed by atoms with Crippen molar-refractivity contribution in [1.29, 1.82) is 0 Å². The number of amides is 2. The number of likely N-dealkylation sites (tertiary alicyclic amines) is 1. The fourth-order valence-electron chi connectivity index (χ4n) is 6.42. The molecule has 2 N–H and O–H groups in total. The third-order valence-corrected chi connectivity index (χ3v) is 8.68. The van der Waals surface area contributed by atoms with Gasteiger partial charge in [-0.2, -0.15) is 0 Å².